The van der Waals surface area contributed by atoms with E-state index in [0.29, 0.717) is 17.1 Å². The largest absolute Gasteiger partial charge is 0.512 e. The summed E-state index contributed by atoms with van der Waals surface area (Å²) in [4.78, 5) is 40.5. The normalized spacial score (nSPS) is 21.3. The molecule has 0 aromatic carbocycles. The lowest BCUT2D eigenvalue weighted by Gasteiger charge is -2.21. The summed E-state index contributed by atoms with van der Waals surface area (Å²) in [6.45, 7) is 8.25. The van der Waals surface area contributed by atoms with Gasteiger partial charge in [0.1, 0.15) is 11.4 Å². The van der Waals surface area contributed by atoms with Gasteiger partial charge in [-0.15, -0.1) is 0 Å². The molecule has 3 heterocycles. The number of ketones is 3. The number of rotatable bonds is 4. The van der Waals surface area contributed by atoms with E-state index < -0.39 is 0 Å². The van der Waals surface area contributed by atoms with Crippen LogP contribution in [0.1, 0.15) is 13.8 Å². The highest BCUT2D eigenvalue weighted by Gasteiger charge is 2.43. The summed E-state index contributed by atoms with van der Waals surface area (Å²) >= 11 is 0. The third-order valence-electron chi connectivity index (χ3n) is 3.90. The monoisotopic (exact) mass is 349 g/mol. The Morgan fingerprint density at radius 2 is 1.44 bits per heavy atom. The molecule has 25 heavy (non-hydrogen) atoms. The van der Waals surface area contributed by atoms with Crippen molar-refractivity contribution in [3.63, 3.8) is 0 Å². The van der Waals surface area contributed by atoms with Crippen molar-refractivity contribution in [1.29, 1.82) is 0 Å². The van der Waals surface area contributed by atoms with Crippen LogP contribution in [-0.2, 0) is 14.4 Å². The summed E-state index contributed by atoms with van der Waals surface area (Å²) in [7, 11) is 0. The highest BCUT2D eigenvalue weighted by Crippen LogP contribution is 2.33. The molecule has 3 fully saturated rings. The lowest BCUT2D eigenvalue weighted by Crippen LogP contribution is -2.29. The van der Waals surface area contributed by atoms with E-state index in [0.717, 1.165) is 39.3 Å². The molecule has 0 bridgehead atoms. The summed E-state index contributed by atoms with van der Waals surface area (Å²) in [5.74, 6) is -0.0140. The van der Waals surface area contributed by atoms with Crippen LogP contribution < -0.4 is 0 Å². The van der Waals surface area contributed by atoms with E-state index in [2.05, 4.69) is 0 Å². The van der Waals surface area contributed by atoms with Gasteiger partial charge < -0.3 is 25.3 Å². The summed E-state index contributed by atoms with van der Waals surface area (Å²) < 4.78 is 0. The van der Waals surface area contributed by atoms with Gasteiger partial charge in [-0.25, -0.2) is 0 Å². The quantitative estimate of drug-likeness (QED) is 0.312. The van der Waals surface area contributed by atoms with E-state index >= 15 is 0 Å². The van der Waals surface area contributed by atoms with E-state index in [4.69, 9.17) is 5.11 Å². The van der Waals surface area contributed by atoms with Crippen LogP contribution in [-0.4, -0.2) is 81.9 Å². The number of hydrogen-bond acceptors (Lipinski definition) is 7. The average molecular weight is 349 g/mol. The SMILES string of the molecule is CC(=O)/C=C(/C)O.O.O=C1C=C(N2CC2)C(=O)C(N2CC2)=C1N1CC1. The number of nitrogens with zero attached hydrogens (tertiary/aromatic N) is 3. The minimum Gasteiger partial charge on any atom is -0.512 e. The number of aliphatic hydroxyl groups excluding tert-OH is 1. The van der Waals surface area contributed by atoms with Gasteiger partial charge in [0.05, 0.1) is 11.5 Å². The van der Waals surface area contributed by atoms with Gasteiger partial charge in [0, 0.05) is 51.4 Å². The minimum absolute atomic E-state index is 0. The van der Waals surface area contributed by atoms with E-state index in [1.165, 1.54) is 26.0 Å². The first kappa shape index (κ1) is 18.7. The molecule has 0 aromatic heterocycles. The molecule has 0 atom stereocenters. The highest BCUT2D eigenvalue weighted by molar-refractivity contribution is 6.22. The summed E-state index contributed by atoms with van der Waals surface area (Å²) in [6.07, 6.45) is 2.69. The lowest BCUT2D eigenvalue weighted by atomic mass is 10.0. The molecule has 8 heteroatoms. The number of carbonyl (C=O) groups excluding carboxylic acids is 3. The van der Waals surface area contributed by atoms with E-state index in [1.807, 2.05) is 14.7 Å². The van der Waals surface area contributed by atoms with Crippen molar-refractivity contribution in [2.45, 2.75) is 13.8 Å². The number of Topliss-reactive ketones (excluding diaryl/α,β-unsaturated/α-hetero) is 1. The third kappa shape index (κ3) is 4.48. The van der Waals surface area contributed by atoms with Gasteiger partial charge in [0.25, 0.3) is 0 Å². The van der Waals surface area contributed by atoms with Crippen molar-refractivity contribution < 1.29 is 25.0 Å². The Kier molecular flexibility index (Phi) is 5.32. The molecule has 0 aromatic rings. The maximum atomic E-state index is 12.4. The Balaban J connectivity index is 0.000000246. The first-order valence-electron chi connectivity index (χ1n) is 8.06. The van der Waals surface area contributed by atoms with Crippen molar-refractivity contribution in [3.05, 3.63) is 35.0 Å². The van der Waals surface area contributed by atoms with Gasteiger partial charge >= 0.3 is 0 Å². The van der Waals surface area contributed by atoms with E-state index in [1.54, 1.807) is 0 Å². The number of hydrogen-bond donors (Lipinski definition) is 1. The fourth-order valence-electron chi connectivity index (χ4n) is 2.57. The molecule has 8 nitrogen and oxygen atoms in total. The second-order valence-corrected chi connectivity index (χ2v) is 6.28. The first-order chi connectivity index (χ1) is 11.4. The fourth-order valence-corrected chi connectivity index (χ4v) is 2.57. The topological polar surface area (TPSA) is 112 Å². The predicted octanol–water partition coefficient (Wildman–Crippen LogP) is -0.607. The Morgan fingerprint density at radius 1 is 0.960 bits per heavy atom. The molecular weight excluding hydrogens is 326 g/mol. The van der Waals surface area contributed by atoms with Crippen molar-refractivity contribution in [2.24, 2.45) is 0 Å². The molecule has 3 saturated heterocycles. The van der Waals surface area contributed by atoms with Crippen LogP contribution in [0.2, 0.25) is 0 Å². The highest BCUT2D eigenvalue weighted by atomic mass is 16.3. The molecule has 0 spiro atoms. The van der Waals surface area contributed by atoms with Crippen molar-refractivity contribution in [2.75, 3.05) is 39.3 Å². The van der Waals surface area contributed by atoms with Crippen LogP contribution in [0, 0.1) is 0 Å². The van der Waals surface area contributed by atoms with Gasteiger partial charge in [0.15, 0.2) is 5.78 Å². The molecule has 3 aliphatic heterocycles. The zero-order valence-corrected chi connectivity index (χ0v) is 14.4. The zero-order valence-electron chi connectivity index (χ0n) is 14.4. The molecule has 0 saturated carbocycles. The Hall–Kier alpha value is -2.61. The van der Waals surface area contributed by atoms with E-state index in [9.17, 15) is 14.4 Å². The smallest absolute Gasteiger partial charge is 0.227 e. The second kappa shape index (κ2) is 7.10. The van der Waals surface area contributed by atoms with Gasteiger partial charge in [-0.05, 0) is 13.8 Å². The van der Waals surface area contributed by atoms with Crippen LogP contribution >= 0.6 is 0 Å². The summed E-state index contributed by atoms with van der Waals surface area (Å²) in [5.41, 5.74) is 1.89. The molecule has 136 valence electrons. The van der Waals surface area contributed by atoms with Gasteiger partial charge in [-0.2, -0.15) is 0 Å². The molecule has 1 aliphatic carbocycles. The minimum atomic E-state index is -0.125. The first-order valence-corrected chi connectivity index (χ1v) is 8.06. The van der Waals surface area contributed by atoms with Crippen LogP contribution in [0.5, 0.6) is 0 Å². The number of aliphatic hydroxyl groups is 1. The molecular formula is C17H23N3O5. The standard InChI is InChI=1S/C12H13N3O2.C5H8O2.H2O/c16-9-7-8(13-1-2-13)12(17)11(15-5-6-15)10(9)14-3-4-14;1-4(6)3-5(2)7;/h7H,1-6H2;3,6H,1-2H3;1H2/b;4-3-;. The van der Waals surface area contributed by atoms with Crippen molar-refractivity contribution in [3.8, 4) is 0 Å². The molecule has 0 amide bonds. The van der Waals surface area contributed by atoms with Crippen molar-refractivity contribution in [1.82, 2.24) is 14.7 Å². The van der Waals surface area contributed by atoms with E-state index in [-0.39, 0.29) is 28.6 Å². The Labute approximate surface area is 146 Å². The second-order valence-electron chi connectivity index (χ2n) is 6.28. The van der Waals surface area contributed by atoms with Gasteiger partial charge in [0.2, 0.25) is 11.6 Å². The zero-order chi connectivity index (χ0) is 17.4. The van der Waals surface area contributed by atoms with Crippen LogP contribution in [0.4, 0.5) is 0 Å². The summed E-state index contributed by atoms with van der Waals surface area (Å²) in [6, 6.07) is 0. The summed E-state index contributed by atoms with van der Waals surface area (Å²) in [5, 5.41) is 8.36. The molecule has 3 N–H and O–H groups in total. The maximum absolute atomic E-state index is 12.4. The molecule has 4 rings (SSSR count). The van der Waals surface area contributed by atoms with Crippen LogP contribution in [0.15, 0.2) is 35.0 Å². The number of carbonyl (C=O) groups is 3. The van der Waals surface area contributed by atoms with Crippen LogP contribution in [0.25, 0.3) is 0 Å². The molecule has 0 radical (unpaired) electrons. The predicted molar refractivity (Wildman–Crippen MR) is 90.5 cm³/mol. The van der Waals surface area contributed by atoms with Crippen LogP contribution in [0.3, 0.4) is 0 Å². The third-order valence-corrected chi connectivity index (χ3v) is 3.90. The van der Waals surface area contributed by atoms with Gasteiger partial charge in [-0.1, -0.05) is 0 Å². The van der Waals surface area contributed by atoms with Gasteiger partial charge in [-0.3, -0.25) is 14.4 Å². The lowest BCUT2D eigenvalue weighted by molar-refractivity contribution is -0.117. The fraction of sp³-hybridized carbons (Fsp3) is 0.471. The Morgan fingerprint density at radius 3 is 1.80 bits per heavy atom. The van der Waals surface area contributed by atoms with Crippen molar-refractivity contribution >= 4 is 17.3 Å². The average Bonchev–Trinajstić information content (AvgIpc) is 3.36. The maximum Gasteiger partial charge on any atom is 0.227 e. The number of allylic oxidation sites excluding steroid dienone is 3. The molecule has 4 aliphatic rings. The Bertz CT molecular complexity index is 691. The molecule has 0 unspecified atom stereocenters.